The molecule has 0 aliphatic rings. The summed E-state index contributed by atoms with van der Waals surface area (Å²) >= 11 is 6.15. The Morgan fingerprint density at radius 2 is 1.49 bits per heavy atom. The topological polar surface area (TPSA) is 113 Å². The number of halogens is 4. The first-order valence-corrected chi connectivity index (χ1v) is 15.8. The highest BCUT2D eigenvalue weighted by Crippen LogP contribution is 2.37. The maximum Gasteiger partial charge on any atom is 0.416 e. The second-order valence-electron chi connectivity index (χ2n) is 9.49. The number of amides is 1. The second-order valence-corrected chi connectivity index (χ2v) is 13.4. The van der Waals surface area contributed by atoms with E-state index in [1.54, 1.807) is 25.1 Å². The van der Waals surface area contributed by atoms with Crippen LogP contribution in [0.1, 0.15) is 16.7 Å². The molecule has 0 heterocycles. The van der Waals surface area contributed by atoms with Gasteiger partial charge in [0.25, 0.3) is 20.0 Å². The van der Waals surface area contributed by atoms with Crippen molar-refractivity contribution in [1.29, 1.82) is 0 Å². The highest BCUT2D eigenvalue weighted by atomic mass is 35.5. The minimum absolute atomic E-state index is 0.101. The molecule has 0 saturated heterocycles. The smallest absolute Gasteiger partial charge is 0.325 e. The third-order valence-electron chi connectivity index (χ3n) is 6.25. The molecule has 0 bridgehead atoms. The SMILES string of the molecule is Cc1ccc(C)c(NS(=O)(=O)c2ccc(NC(=O)CN(c3cc(C(F)(F)F)ccc3Cl)S(=O)(=O)c3ccccc3)cc2)c1. The normalized spacial score (nSPS) is 12.0. The third-order valence-corrected chi connectivity index (χ3v) is 9.72. The standard InChI is InChI=1S/C29H25ClF3N3O5S2/c1-19-8-9-20(2)26(16-19)35-42(38,39)23-13-11-22(12-14-23)34-28(37)18-36(43(40,41)24-6-4-3-5-7-24)27-17-21(29(31,32)33)10-15-25(27)30/h3-17,35H,18H2,1-2H3,(H,34,37). The van der Waals surface area contributed by atoms with Gasteiger partial charge in [0, 0.05) is 5.69 Å². The van der Waals surface area contributed by atoms with E-state index in [1.807, 2.05) is 13.0 Å². The maximum absolute atomic E-state index is 13.5. The van der Waals surface area contributed by atoms with E-state index in [2.05, 4.69) is 10.0 Å². The summed E-state index contributed by atoms with van der Waals surface area (Å²) in [4.78, 5) is 12.7. The van der Waals surface area contributed by atoms with Crippen molar-refractivity contribution in [2.24, 2.45) is 0 Å². The van der Waals surface area contributed by atoms with Gasteiger partial charge in [-0.2, -0.15) is 13.2 Å². The number of carbonyl (C=O) groups is 1. The number of carbonyl (C=O) groups excluding carboxylic acids is 1. The van der Waals surface area contributed by atoms with E-state index < -0.39 is 49.9 Å². The number of nitrogens with zero attached hydrogens (tertiary/aromatic N) is 1. The molecule has 0 saturated carbocycles. The lowest BCUT2D eigenvalue weighted by Gasteiger charge is -2.26. The van der Waals surface area contributed by atoms with Gasteiger partial charge >= 0.3 is 6.18 Å². The van der Waals surface area contributed by atoms with E-state index in [0.29, 0.717) is 27.7 Å². The van der Waals surface area contributed by atoms with Gasteiger partial charge in [-0.15, -0.1) is 0 Å². The molecule has 43 heavy (non-hydrogen) atoms. The fraction of sp³-hybridized carbons (Fsp3) is 0.138. The van der Waals surface area contributed by atoms with Crippen LogP contribution in [0.25, 0.3) is 0 Å². The summed E-state index contributed by atoms with van der Waals surface area (Å²) in [7, 11) is -8.54. The summed E-state index contributed by atoms with van der Waals surface area (Å²) in [5.41, 5.74) is 0.388. The van der Waals surface area contributed by atoms with E-state index >= 15 is 0 Å². The number of nitrogens with one attached hydrogen (secondary N) is 2. The molecule has 2 N–H and O–H groups in total. The third kappa shape index (κ3) is 7.48. The minimum Gasteiger partial charge on any atom is -0.325 e. The zero-order chi connectivity index (χ0) is 31.6. The van der Waals surface area contributed by atoms with Crippen molar-refractivity contribution >= 4 is 54.6 Å². The lowest BCUT2D eigenvalue weighted by molar-refractivity contribution is -0.137. The van der Waals surface area contributed by atoms with Crippen molar-refractivity contribution in [1.82, 2.24) is 0 Å². The molecule has 4 rings (SSSR count). The predicted molar refractivity (Wildman–Crippen MR) is 159 cm³/mol. The van der Waals surface area contributed by atoms with Crippen molar-refractivity contribution in [3.8, 4) is 0 Å². The van der Waals surface area contributed by atoms with Crippen LogP contribution < -0.4 is 14.3 Å². The van der Waals surface area contributed by atoms with Crippen molar-refractivity contribution in [2.45, 2.75) is 29.8 Å². The largest absolute Gasteiger partial charge is 0.416 e. The highest BCUT2D eigenvalue weighted by molar-refractivity contribution is 7.93. The summed E-state index contributed by atoms with van der Waals surface area (Å²) in [5, 5.41) is 2.12. The molecule has 0 atom stereocenters. The summed E-state index contributed by atoms with van der Waals surface area (Å²) in [5.74, 6) is -0.919. The van der Waals surface area contributed by atoms with Crippen molar-refractivity contribution in [3.05, 3.63) is 113 Å². The van der Waals surface area contributed by atoms with Gasteiger partial charge in [0.2, 0.25) is 5.91 Å². The van der Waals surface area contributed by atoms with E-state index in [-0.39, 0.29) is 20.5 Å². The molecule has 4 aromatic rings. The van der Waals surface area contributed by atoms with Crippen LogP contribution >= 0.6 is 11.6 Å². The first kappa shape index (κ1) is 31.9. The van der Waals surface area contributed by atoms with Crippen LogP contribution in [-0.4, -0.2) is 29.3 Å². The molecule has 0 aromatic heterocycles. The van der Waals surface area contributed by atoms with Crippen LogP contribution in [0.3, 0.4) is 0 Å². The quantitative estimate of drug-likeness (QED) is 0.212. The number of hydrogen-bond donors (Lipinski definition) is 2. The first-order chi connectivity index (χ1) is 20.1. The van der Waals surface area contributed by atoms with E-state index in [1.165, 1.54) is 48.5 Å². The molecule has 0 fully saturated rings. The Labute approximate surface area is 252 Å². The first-order valence-electron chi connectivity index (χ1n) is 12.5. The number of hydrogen-bond acceptors (Lipinski definition) is 5. The molecule has 226 valence electrons. The van der Waals surface area contributed by atoms with Crippen LogP contribution in [0.4, 0.5) is 30.2 Å². The maximum atomic E-state index is 13.5. The number of rotatable bonds is 9. The number of aryl methyl sites for hydroxylation is 2. The van der Waals surface area contributed by atoms with Gasteiger partial charge in [-0.25, -0.2) is 16.8 Å². The average Bonchev–Trinajstić information content (AvgIpc) is 2.94. The molecule has 0 aliphatic carbocycles. The Balaban J connectivity index is 1.60. The zero-order valence-electron chi connectivity index (χ0n) is 22.7. The summed E-state index contributed by atoms with van der Waals surface area (Å²) in [6, 6.07) is 19.4. The zero-order valence-corrected chi connectivity index (χ0v) is 25.1. The van der Waals surface area contributed by atoms with Gasteiger partial charge in [0.05, 0.1) is 31.8 Å². The summed E-state index contributed by atoms with van der Waals surface area (Å²) in [6.07, 6.45) is -4.81. The van der Waals surface area contributed by atoms with Crippen molar-refractivity contribution < 1.29 is 34.8 Å². The summed E-state index contributed by atoms with van der Waals surface area (Å²) < 4.78 is 96.3. The average molecular weight is 652 g/mol. The monoisotopic (exact) mass is 651 g/mol. The predicted octanol–water partition coefficient (Wildman–Crippen LogP) is 6.61. The Morgan fingerprint density at radius 3 is 2.12 bits per heavy atom. The number of anilines is 3. The fourth-order valence-electron chi connectivity index (χ4n) is 4.00. The Bertz CT molecular complexity index is 1870. The molecule has 14 heteroatoms. The molecule has 0 spiro atoms. The number of alkyl halides is 3. The Kier molecular flexibility index (Phi) is 9.09. The van der Waals surface area contributed by atoms with Crippen molar-refractivity contribution in [3.63, 3.8) is 0 Å². The van der Waals surface area contributed by atoms with Crippen LogP contribution in [0, 0.1) is 13.8 Å². The van der Waals surface area contributed by atoms with Gasteiger partial charge in [-0.05, 0) is 85.6 Å². The lowest BCUT2D eigenvalue weighted by atomic mass is 10.1. The molecular formula is C29H25ClF3N3O5S2. The molecule has 0 aliphatic heterocycles. The van der Waals surface area contributed by atoms with Crippen molar-refractivity contribution in [2.75, 3.05) is 20.9 Å². The van der Waals surface area contributed by atoms with E-state index in [4.69, 9.17) is 11.6 Å². The molecule has 8 nitrogen and oxygen atoms in total. The molecule has 0 unspecified atom stereocenters. The van der Waals surface area contributed by atoms with Gasteiger partial charge in [0.1, 0.15) is 6.54 Å². The fourth-order valence-corrected chi connectivity index (χ4v) is 6.84. The second kappa shape index (κ2) is 12.3. The van der Waals surface area contributed by atoms with Gasteiger partial charge in [-0.1, -0.05) is 41.9 Å². The Hall–Kier alpha value is -4.07. The molecular weight excluding hydrogens is 627 g/mol. The van der Waals surface area contributed by atoms with Crippen LogP contribution in [0.15, 0.2) is 101 Å². The number of benzene rings is 4. The summed E-state index contributed by atoms with van der Waals surface area (Å²) in [6.45, 7) is 2.64. The van der Waals surface area contributed by atoms with E-state index in [0.717, 1.165) is 11.6 Å². The highest BCUT2D eigenvalue weighted by Gasteiger charge is 2.34. The Morgan fingerprint density at radius 1 is 0.837 bits per heavy atom. The number of sulfonamides is 2. The van der Waals surface area contributed by atoms with E-state index in [9.17, 15) is 34.8 Å². The lowest BCUT2D eigenvalue weighted by Crippen LogP contribution is -2.38. The molecule has 1 amide bonds. The molecule has 4 aromatic carbocycles. The van der Waals surface area contributed by atoms with Crippen LogP contribution in [0.5, 0.6) is 0 Å². The van der Waals surface area contributed by atoms with Crippen LogP contribution in [0.2, 0.25) is 5.02 Å². The molecule has 0 radical (unpaired) electrons. The minimum atomic E-state index is -4.81. The van der Waals surface area contributed by atoms with Gasteiger partial charge in [-0.3, -0.25) is 13.8 Å². The van der Waals surface area contributed by atoms with Gasteiger partial charge < -0.3 is 5.32 Å². The van der Waals surface area contributed by atoms with Crippen LogP contribution in [-0.2, 0) is 31.0 Å². The van der Waals surface area contributed by atoms with Gasteiger partial charge in [0.15, 0.2) is 0 Å².